The molecular weight excluding hydrogens is 244 g/mol. The fourth-order valence-electron chi connectivity index (χ4n) is 1.50. The van der Waals surface area contributed by atoms with Gasteiger partial charge < -0.3 is 5.11 Å². The zero-order valence-corrected chi connectivity index (χ0v) is 9.44. The molecule has 88 valence electrons. The van der Waals surface area contributed by atoms with Crippen molar-refractivity contribution in [2.45, 2.75) is 0 Å². The summed E-state index contributed by atoms with van der Waals surface area (Å²) in [6, 6.07) is 2.90. The summed E-state index contributed by atoms with van der Waals surface area (Å²) in [4.78, 5) is 38.8. The first-order chi connectivity index (χ1) is 8.11. The first-order valence-corrected chi connectivity index (χ1v) is 5.88. The molecule has 6 nitrogen and oxygen atoms in total. The zero-order chi connectivity index (χ0) is 12.4. The lowest BCUT2D eigenvalue weighted by molar-refractivity contribution is -0.124. The van der Waals surface area contributed by atoms with E-state index in [4.69, 9.17) is 5.11 Å². The third kappa shape index (κ3) is 2.14. The molecule has 1 aromatic rings. The molecule has 0 unspecified atom stereocenters. The summed E-state index contributed by atoms with van der Waals surface area (Å²) < 4.78 is 0. The maximum absolute atomic E-state index is 11.6. The molecule has 1 N–H and O–H groups in total. The van der Waals surface area contributed by atoms with Gasteiger partial charge in [-0.2, -0.15) is 0 Å². The molecule has 2 rings (SSSR count). The molecule has 1 aliphatic heterocycles. The molecule has 0 bridgehead atoms. The summed E-state index contributed by atoms with van der Waals surface area (Å²) in [6.07, 6.45) is 1.31. The van der Waals surface area contributed by atoms with Crippen LogP contribution >= 0.6 is 11.8 Å². The number of hydrogen-bond donors (Lipinski definition) is 1. The van der Waals surface area contributed by atoms with E-state index in [0.717, 1.165) is 4.90 Å². The average molecular weight is 252 g/mol. The van der Waals surface area contributed by atoms with Crippen LogP contribution in [0.15, 0.2) is 18.3 Å². The van der Waals surface area contributed by atoms with Crippen LogP contribution in [-0.2, 0) is 9.59 Å². The van der Waals surface area contributed by atoms with Gasteiger partial charge in [-0.3, -0.25) is 9.59 Å². The Hall–Kier alpha value is -1.89. The quantitative estimate of drug-likeness (QED) is 0.766. The van der Waals surface area contributed by atoms with E-state index in [9.17, 15) is 14.4 Å². The second kappa shape index (κ2) is 4.54. The molecule has 17 heavy (non-hydrogen) atoms. The van der Waals surface area contributed by atoms with Crippen molar-refractivity contribution in [2.75, 3.05) is 16.4 Å². The number of imide groups is 1. The Labute approximate surface area is 101 Å². The first kappa shape index (κ1) is 11.6. The summed E-state index contributed by atoms with van der Waals surface area (Å²) in [7, 11) is 0. The minimum atomic E-state index is -1.26. The number of carboxylic acids is 1. The fourth-order valence-corrected chi connectivity index (χ4v) is 2.21. The SMILES string of the molecule is O=C(O)c1ncccc1N1C(=O)CSCC1=O. The lowest BCUT2D eigenvalue weighted by Gasteiger charge is -2.25. The van der Waals surface area contributed by atoms with Gasteiger partial charge in [0.25, 0.3) is 0 Å². The topological polar surface area (TPSA) is 87.6 Å². The third-order valence-electron chi connectivity index (χ3n) is 2.18. The van der Waals surface area contributed by atoms with Crippen LogP contribution in [0.4, 0.5) is 5.69 Å². The van der Waals surface area contributed by atoms with Gasteiger partial charge in [0.1, 0.15) is 0 Å². The number of carbonyl (C=O) groups excluding carboxylic acids is 2. The lowest BCUT2D eigenvalue weighted by atomic mass is 10.2. The normalized spacial score (nSPS) is 16.1. The predicted molar refractivity (Wildman–Crippen MR) is 61.0 cm³/mol. The monoisotopic (exact) mass is 252 g/mol. The van der Waals surface area contributed by atoms with E-state index in [1.807, 2.05) is 0 Å². The molecular formula is C10H8N2O4S. The molecule has 0 aromatic carbocycles. The maximum Gasteiger partial charge on any atom is 0.356 e. The van der Waals surface area contributed by atoms with Crippen LogP contribution in [0.25, 0.3) is 0 Å². The second-order valence-corrected chi connectivity index (χ2v) is 4.28. The van der Waals surface area contributed by atoms with Gasteiger partial charge >= 0.3 is 5.97 Å². The summed E-state index contributed by atoms with van der Waals surface area (Å²) in [5.74, 6) is -1.76. The molecule has 1 aliphatic rings. The summed E-state index contributed by atoms with van der Waals surface area (Å²) >= 11 is 1.22. The predicted octanol–water partition coefficient (Wildman–Crippen LogP) is 0.386. The highest BCUT2D eigenvalue weighted by Crippen LogP contribution is 2.23. The van der Waals surface area contributed by atoms with Gasteiger partial charge in [0.05, 0.1) is 17.2 Å². The van der Waals surface area contributed by atoms with Crippen LogP contribution in [0.2, 0.25) is 0 Å². The van der Waals surface area contributed by atoms with Crippen molar-refractivity contribution in [3.05, 3.63) is 24.0 Å². The van der Waals surface area contributed by atoms with Crippen molar-refractivity contribution >= 4 is 35.2 Å². The van der Waals surface area contributed by atoms with Gasteiger partial charge in [0, 0.05) is 6.20 Å². The number of aromatic carboxylic acids is 1. The molecule has 0 aliphatic carbocycles. The third-order valence-corrected chi connectivity index (χ3v) is 3.08. The Kier molecular flexibility index (Phi) is 3.10. The Morgan fingerprint density at radius 1 is 1.35 bits per heavy atom. The lowest BCUT2D eigenvalue weighted by Crippen LogP contribution is -2.44. The molecule has 1 fully saturated rings. The van der Waals surface area contributed by atoms with E-state index in [0.29, 0.717) is 0 Å². The molecule has 0 radical (unpaired) electrons. The largest absolute Gasteiger partial charge is 0.476 e. The van der Waals surface area contributed by atoms with Gasteiger partial charge in [0.15, 0.2) is 5.69 Å². The van der Waals surface area contributed by atoms with Crippen molar-refractivity contribution < 1.29 is 19.5 Å². The smallest absolute Gasteiger partial charge is 0.356 e. The van der Waals surface area contributed by atoms with Crippen LogP contribution in [-0.4, -0.2) is 39.4 Å². The van der Waals surface area contributed by atoms with Gasteiger partial charge in [-0.1, -0.05) is 0 Å². The molecule has 7 heteroatoms. The minimum absolute atomic E-state index is 0.0373. The molecule has 1 saturated heterocycles. The second-order valence-electron chi connectivity index (χ2n) is 3.29. The number of aromatic nitrogens is 1. The Morgan fingerprint density at radius 3 is 2.59 bits per heavy atom. The minimum Gasteiger partial charge on any atom is -0.476 e. The molecule has 0 saturated carbocycles. The summed E-state index contributed by atoms with van der Waals surface area (Å²) in [5.41, 5.74) is -0.253. The number of rotatable bonds is 2. The highest BCUT2D eigenvalue weighted by Gasteiger charge is 2.31. The number of carbonyl (C=O) groups is 3. The van der Waals surface area contributed by atoms with Gasteiger partial charge in [-0.15, -0.1) is 11.8 Å². The maximum atomic E-state index is 11.6. The molecule has 0 spiro atoms. The van der Waals surface area contributed by atoms with E-state index in [2.05, 4.69) is 4.98 Å². The molecule has 2 amide bonds. The molecule has 2 heterocycles. The van der Waals surface area contributed by atoms with Crippen molar-refractivity contribution in [2.24, 2.45) is 0 Å². The highest BCUT2D eigenvalue weighted by molar-refractivity contribution is 8.00. The van der Waals surface area contributed by atoms with Crippen LogP contribution < -0.4 is 4.90 Å². The Balaban J connectivity index is 2.48. The summed E-state index contributed by atoms with van der Waals surface area (Å²) in [5, 5.41) is 8.95. The zero-order valence-electron chi connectivity index (χ0n) is 8.62. The van der Waals surface area contributed by atoms with Crippen LogP contribution in [0, 0.1) is 0 Å². The first-order valence-electron chi connectivity index (χ1n) is 4.73. The van der Waals surface area contributed by atoms with Crippen molar-refractivity contribution in [3.8, 4) is 0 Å². The van der Waals surface area contributed by atoms with E-state index in [1.165, 1.54) is 30.1 Å². The number of thioether (sulfide) groups is 1. The van der Waals surface area contributed by atoms with E-state index in [-0.39, 0.29) is 22.9 Å². The number of anilines is 1. The number of nitrogens with zero attached hydrogens (tertiary/aromatic N) is 2. The van der Waals surface area contributed by atoms with E-state index < -0.39 is 17.8 Å². The van der Waals surface area contributed by atoms with Crippen LogP contribution in [0.1, 0.15) is 10.5 Å². The summed E-state index contributed by atoms with van der Waals surface area (Å²) in [6.45, 7) is 0. The van der Waals surface area contributed by atoms with Crippen LogP contribution in [0.5, 0.6) is 0 Å². The Bertz CT molecular complexity index is 487. The van der Waals surface area contributed by atoms with Crippen molar-refractivity contribution in [1.82, 2.24) is 4.98 Å². The molecule has 1 aromatic heterocycles. The fraction of sp³-hybridized carbons (Fsp3) is 0.200. The highest BCUT2D eigenvalue weighted by atomic mass is 32.2. The van der Waals surface area contributed by atoms with Gasteiger partial charge in [-0.05, 0) is 12.1 Å². The molecule has 0 atom stereocenters. The Morgan fingerprint density at radius 2 is 2.00 bits per heavy atom. The number of pyridine rings is 1. The van der Waals surface area contributed by atoms with E-state index >= 15 is 0 Å². The number of hydrogen-bond acceptors (Lipinski definition) is 5. The van der Waals surface area contributed by atoms with Crippen molar-refractivity contribution in [1.29, 1.82) is 0 Å². The number of amides is 2. The van der Waals surface area contributed by atoms with Crippen LogP contribution in [0.3, 0.4) is 0 Å². The standard InChI is InChI=1S/C10H8N2O4S/c13-7-4-17-5-8(14)12(7)6-2-1-3-11-9(6)10(15)16/h1-3H,4-5H2,(H,15,16). The van der Waals surface area contributed by atoms with Crippen molar-refractivity contribution in [3.63, 3.8) is 0 Å². The number of carboxylic acid groups (broad SMARTS) is 1. The van der Waals surface area contributed by atoms with Gasteiger partial charge in [-0.25, -0.2) is 14.7 Å². The van der Waals surface area contributed by atoms with E-state index in [1.54, 1.807) is 0 Å². The van der Waals surface area contributed by atoms with Gasteiger partial charge in [0.2, 0.25) is 11.8 Å². The average Bonchev–Trinajstić information content (AvgIpc) is 2.29.